The summed E-state index contributed by atoms with van der Waals surface area (Å²) in [7, 11) is 0. The van der Waals surface area contributed by atoms with Crippen molar-refractivity contribution >= 4 is 17.6 Å². The Labute approximate surface area is 130 Å². The lowest BCUT2D eigenvalue weighted by atomic mass is 10.2. The molecule has 1 fully saturated rings. The third kappa shape index (κ3) is 3.98. The van der Waals surface area contributed by atoms with E-state index in [0.29, 0.717) is 24.3 Å². The molecule has 0 aliphatic carbocycles. The molecule has 0 radical (unpaired) electrons. The van der Waals surface area contributed by atoms with Gasteiger partial charge in [0.25, 0.3) is 5.91 Å². The number of nitrogens with zero attached hydrogens (tertiary/aromatic N) is 2. The number of carbonyl (C=O) groups is 2. The van der Waals surface area contributed by atoms with Gasteiger partial charge < -0.3 is 15.5 Å². The molecule has 1 atom stereocenters. The van der Waals surface area contributed by atoms with Crippen LogP contribution in [0, 0.1) is 12.3 Å². The van der Waals surface area contributed by atoms with Gasteiger partial charge in [-0.05, 0) is 18.6 Å². The van der Waals surface area contributed by atoms with Gasteiger partial charge >= 0.3 is 0 Å². The highest BCUT2D eigenvalue weighted by Gasteiger charge is 2.25. The number of rotatable bonds is 5. The number of aromatic nitrogens is 1. The van der Waals surface area contributed by atoms with Gasteiger partial charge in [0.2, 0.25) is 5.91 Å². The lowest BCUT2D eigenvalue weighted by Crippen LogP contribution is -2.31. The van der Waals surface area contributed by atoms with E-state index < -0.39 is 0 Å². The number of nitrogens with one attached hydrogen (secondary N) is 2. The Morgan fingerprint density at radius 1 is 1.50 bits per heavy atom. The molecule has 0 aromatic carbocycles. The molecule has 2 N–H and O–H groups in total. The molecular weight excluding hydrogens is 280 g/mol. The van der Waals surface area contributed by atoms with Gasteiger partial charge in [0.15, 0.2) is 0 Å². The molecule has 0 saturated carbocycles. The Morgan fingerprint density at radius 3 is 2.95 bits per heavy atom. The minimum absolute atomic E-state index is 0.179. The van der Waals surface area contributed by atoms with Crippen LogP contribution in [0.15, 0.2) is 18.3 Å². The van der Waals surface area contributed by atoms with E-state index in [2.05, 4.69) is 21.5 Å². The van der Waals surface area contributed by atoms with Gasteiger partial charge in [-0.1, -0.05) is 12.8 Å². The predicted molar refractivity (Wildman–Crippen MR) is 84.3 cm³/mol. The molecule has 1 aliphatic rings. The van der Waals surface area contributed by atoms with Gasteiger partial charge in [-0.2, -0.15) is 0 Å². The molecule has 1 aromatic rings. The van der Waals surface area contributed by atoms with Crippen molar-refractivity contribution < 1.29 is 9.59 Å². The zero-order chi connectivity index (χ0) is 15.9. The largest absolute Gasteiger partial charge is 0.365 e. The van der Waals surface area contributed by atoms with Crippen LogP contribution in [0.4, 0.5) is 5.82 Å². The van der Waals surface area contributed by atoms with Crippen LogP contribution in [0.25, 0.3) is 0 Å². The average Bonchev–Trinajstić information content (AvgIpc) is 3.01. The molecule has 6 nitrogen and oxygen atoms in total. The van der Waals surface area contributed by atoms with Crippen molar-refractivity contribution in [2.45, 2.75) is 25.8 Å². The van der Waals surface area contributed by atoms with Gasteiger partial charge in [-0.15, -0.1) is 6.42 Å². The van der Waals surface area contributed by atoms with E-state index in [1.807, 2.05) is 11.8 Å². The van der Waals surface area contributed by atoms with Crippen LogP contribution in [0.1, 0.15) is 30.1 Å². The molecule has 0 spiro atoms. The summed E-state index contributed by atoms with van der Waals surface area (Å²) in [6, 6.07) is 3.66. The first-order valence-corrected chi connectivity index (χ1v) is 7.36. The molecule has 1 saturated heterocycles. The molecular formula is C16H20N4O2. The number of anilines is 1. The van der Waals surface area contributed by atoms with Gasteiger partial charge in [0, 0.05) is 31.7 Å². The van der Waals surface area contributed by atoms with Gasteiger partial charge in [0.1, 0.15) is 5.82 Å². The number of carbonyl (C=O) groups excluding carboxylic acids is 2. The van der Waals surface area contributed by atoms with Crippen LogP contribution < -0.4 is 10.6 Å². The van der Waals surface area contributed by atoms with Crippen molar-refractivity contribution in [3.63, 3.8) is 0 Å². The number of hydrogen-bond acceptors (Lipinski definition) is 4. The highest BCUT2D eigenvalue weighted by Crippen LogP contribution is 2.15. The van der Waals surface area contributed by atoms with Crippen molar-refractivity contribution in [2.24, 2.45) is 0 Å². The summed E-state index contributed by atoms with van der Waals surface area (Å²) in [6.07, 6.45) is 8.04. The van der Waals surface area contributed by atoms with Crippen molar-refractivity contribution in [2.75, 3.05) is 25.0 Å². The SMILES string of the molecule is C#CCNC(=O)c1ccc(NC2CCN(C(=O)CC)C2)nc1. The molecule has 2 rings (SSSR count). The maximum absolute atomic E-state index is 11.7. The first-order chi connectivity index (χ1) is 10.6. The zero-order valence-electron chi connectivity index (χ0n) is 12.6. The summed E-state index contributed by atoms with van der Waals surface area (Å²) in [5.41, 5.74) is 0.468. The Morgan fingerprint density at radius 2 is 2.32 bits per heavy atom. The number of pyridine rings is 1. The molecule has 2 heterocycles. The van der Waals surface area contributed by atoms with E-state index in [1.165, 1.54) is 6.20 Å². The Kier molecular flexibility index (Phi) is 5.37. The zero-order valence-corrected chi connectivity index (χ0v) is 12.6. The average molecular weight is 300 g/mol. The summed E-state index contributed by atoms with van der Waals surface area (Å²) in [5.74, 6) is 2.99. The van der Waals surface area contributed by atoms with E-state index in [1.54, 1.807) is 12.1 Å². The number of terminal acetylenes is 1. The second-order valence-electron chi connectivity index (χ2n) is 5.14. The maximum Gasteiger partial charge on any atom is 0.253 e. The molecule has 0 bridgehead atoms. The first-order valence-electron chi connectivity index (χ1n) is 7.36. The second kappa shape index (κ2) is 7.46. The molecule has 116 valence electrons. The fourth-order valence-electron chi connectivity index (χ4n) is 2.38. The normalized spacial score (nSPS) is 16.9. The summed E-state index contributed by atoms with van der Waals surface area (Å²) >= 11 is 0. The van der Waals surface area contributed by atoms with Crippen LogP contribution in [-0.2, 0) is 4.79 Å². The summed E-state index contributed by atoms with van der Waals surface area (Å²) in [4.78, 5) is 29.4. The lowest BCUT2D eigenvalue weighted by molar-refractivity contribution is -0.129. The molecule has 1 aliphatic heterocycles. The quantitative estimate of drug-likeness (QED) is 0.791. The van der Waals surface area contributed by atoms with Crippen molar-refractivity contribution in [1.29, 1.82) is 0 Å². The van der Waals surface area contributed by atoms with Crippen molar-refractivity contribution in [1.82, 2.24) is 15.2 Å². The minimum atomic E-state index is -0.238. The highest BCUT2D eigenvalue weighted by molar-refractivity contribution is 5.94. The van der Waals surface area contributed by atoms with Crippen LogP contribution in [0.3, 0.4) is 0 Å². The number of likely N-dealkylation sites (tertiary alicyclic amines) is 1. The van der Waals surface area contributed by atoms with Crippen LogP contribution >= 0.6 is 0 Å². The smallest absolute Gasteiger partial charge is 0.253 e. The highest BCUT2D eigenvalue weighted by atomic mass is 16.2. The Balaban J connectivity index is 1.88. The minimum Gasteiger partial charge on any atom is -0.365 e. The van der Waals surface area contributed by atoms with E-state index in [4.69, 9.17) is 6.42 Å². The van der Waals surface area contributed by atoms with Crippen LogP contribution in [0.5, 0.6) is 0 Å². The predicted octanol–water partition coefficient (Wildman–Crippen LogP) is 0.867. The molecule has 22 heavy (non-hydrogen) atoms. The maximum atomic E-state index is 11.7. The monoisotopic (exact) mass is 300 g/mol. The Hall–Kier alpha value is -2.55. The summed E-state index contributed by atoms with van der Waals surface area (Å²) in [5, 5.41) is 5.88. The molecule has 1 aromatic heterocycles. The second-order valence-corrected chi connectivity index (χ2v) is 5.14. The number of hydrogen-bond donors (Lipinski definition) is 2. The lowest BCUT2D eigenvalue weighted by Gasteiger charge is -2.16. The molecule has 6 heteroatoms. The third-order valence-electron chi connectivity index (χ3n) is 3.57. The molecule has 1 unspecified atom stereocenters. The third-order valence-corrected chi connectivity index (χ3v) is 3.57. The van der Waals surface area contributed by atoms with Crippen LogP contribution in [0.2, 0.25) is 0 Å². The summed E-state index contributed by atoms with van der Waals surface area (Å²) in [6.45, 7) is 3.53. The topological polar surface area (TPSA) is 74.3 Å². The van der Waals surface area contributed by atoms with Gasteiger partial charge in [-0.3, -0.25) is 9.59 Å². The Bertz CT molecular complexity index is 577. The van der Waals surface area contributed by atoms with Crippen molar-refractivity contribution in [3.05, 3.63) is 23.9 Å². The van der Waals surface area contributed by atoms with E-state index in [-0.39, 0.29) is 24.4 Å². The van der Waals surface area contributed by atoms with E-state index >= 15 is 0 Å². The van der Waals surface area contributed by atoms with Crippen molar-refractivity contribution in [3.8, 4) is 12.3 Å². The fourth-order valence-corrected chi connectivity index (χ4v) is 2.38. The van der Waals surface area contributed by atoms with Gasteiger partial charge in [0.05, 0.1) is 12.1 Å². The van der Waals surface area contributed by atoms with Gasteiger partial charge in [-0.25, -0.2) is 4.98 Å². The standard InChI is InChI=1S/C16H20N4O2/c1-3-8-17-16(22)12-5-6-14(18-10-12)19-13-7-9-20(11-13)15(21)4-2/h1,5-6,10,13H,4,7-9,11H2,2H3,(H,17,22)(H,18,19). The van der Waals surface area contributed by atoms with Crippen LogP contribution in [-0.4, -0.2) is 47.4 Å². The first kappa shape index (κ1) is 15.8. The number of amides is 2. The molecule has 2 amide bonds. The van der Waals surface area contributed by atoms with E-state index in [9.17, 15) is 9.59 Å². The summed E-state index contributed by atoms with van der Waals surface area (Å²) < 4.78 is 0. The van der Waals surface area contributed by atoms with E-state index in [0.717, 1.165) is 13.0 Å². The fraction of sp³-hybridized carbons (Fsp3) is 0.438.